The number of nitrogens with one attached hydrogen (secondary N) is 2. The maximum absolute atomic E-state index is 14.0. The monoisotopic (exact) mass is 523 g/mol. The van der Waals surface area contributed by atoms with Crippen molar-refractivity contribution in [2.45, 2.75) is 72.6 Å². The highest BCUT2D eigenvalue weighted by atomic mass is 16.6. The van der Waals surface area contributed by atoms with Crippen molar-refractivity contribution in [3.8, 4) is 5.75 Å². The lowest BCUT2D eigenvalue weighted by Gasteiger charge is -2.34. The van der Waals surface area contributed by atoms with E-state index in [1.165, 1.54) is 23.1 Å². The summed E-state index contributed by atoms with van der Waals surface area (Å²) < 4.78 is 5.40. The molecule has 2 atom stereocenters. The SMILES string of the molecule is C=CCN(C(=O)C(CC(C)C)NC(=O)OC(C)(C)C)C(C(=O)Nc1c(C)cccc1C)c1ccc(O)cc1. The molecule has 2 rings (SSSR count). The number of nitrogens with zero attached hydrogens (tertiary/aromatic N) is 1. The van der Waals surface area contributed by atoms with Crippen LogP contribution in [0.4, 0.5) is 10.5 Å². The first-order chi connectivity index (χ1) is 17.7. The number of para-hydroxylation sites is 1. The van der Waals surface area contributed by atoms with Gasteiger partial charge in [0.1, 0.15) is 23.4 Å². The standard InChI is InChI=1S/C30H41N3O5/c1-9-17-33(28(36)24(18-19(2)3)31-29(37)38-30(6,7)8)26(22-13-15-23(34)16-14-22)27(35)32-25-20(4)11-10-12-21(25)5/h9-16,19,24,26,34H,1,17-18H2,2-8H3,(H,31,37)(H,32,35). The average Bonchev–Trinajstić information content (AvgIpc) is 2.80. The van der Waals surface area contributed by atoms with Crippen LogP contribution in [0.1, 0.15) is 63.8 Å². The summed E-state index contributed by atoms with van der Waals surface area (Å²) in [6.45, 7) is 16.8. The number of hydrogen-bond donors (Lipinski definition) is 3. The fraction of sp³-hybridized carbons (Fsp3) is 0.433. The van der Waals surface area contributed by atoms with Crippen LogP contribution in [0.15, 0.2) is 55.1 Å². The highest BCUT2D eigenvalue weighted by molar-refractivity contribution is 6.00. The number of amides is 3. The molecule has 0 bridgehead atoms. The van der Waals surface area contributed by atoms with Crippen LogP contribution in [0.25, 0.3) is 0 Å². The first-order valence-corrected chi connectivity index (χ1v) is 12.8. The Labute approximate surface area is 226 Å². The van der Waals surface area contributed by atoms with Crippen molar-refractivity contribution in [1.82, 2.24) is 10.2 Å². The summed E-state index contributed by atoms with van der Waals surface area (Å²) in [6, 6.07) is 9.85. The van der Waals surface area contributed by atoms with E-state index in [2.05, 4.69) is 17.2 Å². The Bertz CT molecular complexity index is 1120. The van der Waals surface area contributed by atoms with Crippen molar-refractivity contribution in [2.24, 2.45) is 5.92 Å². The van der Waals surface area contributed by atoms with Gasteiger partial charge in [0.05, 0.1) is 0 Å². The van der Waals surface area contributed by atoms with Crippen LogP contribution >= 0.6 is 0 Å². The van der Waals surface area contributed by atoms with Gasteiger partial charge in [-0.15, -0.1) is 6.58 Å². The molecule has 0 saturated heterocycles. The molecule has 0 saturated carbocycles. The number of hydrogen-bond acceptors (Lipinski definition) is 5. The zero-order chi connectivity index (χ0) is 28.6. The van der Waals surface area contributed by atoms with E-state index < -0.39 is 35.6 Å². The Morgan fingerprint density at radius 1 is 1.05 bits per heavy atom. The molecule has 206 valence electrons. The number of anilines is 1. The topological polar surface area (TPSA) is 108 Å². The van der Waals surface area contributed by atoms with Crippen LogP contribution < -0.4 is 10.6 Å². The minimum Gasteiger partial charge on any atom is -0.508 e. The van der Waals surface area contributed by atoms with Crippen LogP contribution in [0.5, 0.6) is 5.75 Å². The molecule has 38 heavy (non-hydrogen) atoms. The van der Waals surface area contributed by atoms with Crippen LogP contribution in [-0.4, -0.2) is 46.1 Å². The molecule has 3 amide bonds. The predicted molar refractivity (Wildman–Crippen MR) is 150 cm³/mol. The van der Waals surface area contributed by atoms with Gasteiger partial charge in [-0.2, -0.15) is 0 Å². The van der Waals surface area contributed by atoms with Gasteiger partial charge in [-0.3, -0.25) is 9.59 Å². The third-order valence-electron chi connectivity index (χ3n) is 5.80. The van der Waals surface area contributed by atoms with Gasteiger partial charge < -0.3 is 25.4 Å². The molecule has 0 heterocycles. The predicted octanol–water partition coefficient (Wildman–Crippen LogP) is 5.64. The largest absolute Gasteiger partial charge is 0.508 e. The van der Waals surface area contributed by atoms with Crippen LogP contribution in [0.2, 0.25) is 0 Å². The van der Waals surface area contributed by atoms with Crippen molar-refractivity contribution in [3.05, 3.63) is 71.8 Å². The van der Waals surface area contributed by atoms with E-state index in [4.69, 9.17) is 4.74 Å². The number of alkyl carbamates (subject to hydrolysis) is 1. The lowest BCUT2D eigenvalue weighted by molar-refractivity contribution is -0.140. The van der Waals surface area contributed by atoms with Gasteiger partial charge in [-0.1, -0.05) is 50.3 Å². The number of carbonyl (C=O) groups excluding carboxylic acids is 3. The molecule has 2 aromatic rings. The fourth-order valence-electron chi connectivity index (χ4n) is 4.14. The van der Waals surface area contributed by atoms with E-state index >= 15 is 0 Å². The maximum atomic E-state index is 14.0. The summed E-state index contributed by atoms with van der Waals surface area (Å²) in [5.74, 6) is -0.767. The second kappa shape index (κ2) is 13.1. The summed E-state index contributed by atoms with van der Waals surface area (Å²) >= 11 is 0. The average molecular weight is 524 g/mol. The summed E-state index contributed by atoms with van der Waals surface area (Å²) in [7, 11) is 0. The maximum Gasteiger partial charge on any atom is 0.408 e. The molecular formula is C30H41N3O5. The third kappa shape index (κ3) is 8.64. The van der Waals surface area contributed by atoms with Gasteiger partial charge >= 0.3 is 6.09 Å². The molecule has 0 radical (unpaired) electrons. The van der Waals surface area contributed by atoms with Crippen molar-refractivity contribution < 1.29 is 24.2 Å². The van der Waals surface area contributed by atoms with E-state index in [1.807, 2.05) is 45.9 Å². The summed E-state index contributed by atoms with van der Waals surface area (Å²) in [6.07, 6.45) is 1.17. The van der Waals surface area contributed by atoms with Gasteiger partial charge in [-0.25, -0.2) is 4.79 Å². The molecule has 0 spiro atoms. The van der Waals surface area contributed by atoms with Gasteiger partial charge in [0.15, 0.2) is 0 Å². The number of aryl methyl sites for hydroxylation is 2. The van der Waals surface area contributed by atoms with E-state index in [-0.39, 0.29) is 18.2 Å². The molecule has 0 aromatic heterocycles. The van der Waals surface area contributed by atoms with Gasteiger partial charge in [0.2, 0.25) is 5.91 Å². The second-order valence-electron chi connectivity index (χ2n) is 10.9. The molecule has 0 aliphatic heterocycles. The zero-order valence-corrected chi connectivity index (χ0v) is 23.5. The van der Waals surface area contributed by atoms with Crippen LogP contribution in [0, 0.1) is 19.8 Å². The fourth-order valence-corrected chi connectivity index (χ4v) is 4.14. The molecular weight excluding hydrogens is 482 g/mol. The lowest BCUT2D eigenvalue weighted by atomic mass is 9.98. The highest BCUT2D eigenvalue weighted by Crippen LogP contribution is 2.28. The van der Waals surface area contributed by atoms with E-state index in [1.54, 1.807) is 32.9 Å². The quantitative estimate of drug-likeness (QED) is 0.349. The van der Waals surface area contributed by atoms with Gasteiger partial charge in [-0.05, 0) is 75.8 Å². The molecule has 0 aliphatic rings. The number of benzene rings is 2. The molecule has 2 aromatic carbocycles. The smallest absolute Gasteiger partial charge is 0.408 e. The van der Waals surface area contributed by atoms with Gasteiger partial charge in [0.25, 0.3) is 5.91 Å². The Morgan fingerprint density at radius 2 is 1.63 bits per heavy atom. The Balaban J connectivity index is 2.53. The van der Waals surface area contributed by atoms with Crippen molar-refractivity contribution >= 4 is 23.6 Å². The Kier molecular flexibility index (Phi) is 10.5. The third-order valence-corrected chi connectivity index (χ3v) is 5.80. The van der Waals surface area contributed by atoms with Crippen molar-refractivity contribution in [2.75, 3.05) is 11.9 Å². The number of phenols is 1. The van der Waals surface area contributed by atoms with Crippen molar-refractivity contribution in [3.63, 3.8) is 0 Å². The number of rotatable bonds is 10. The molecule has 0 aliphatic carbocycles. The van der Waals surface area contributed by atoms with E-state index in [0.29, 0.717) is 17.7 Å². The lowest BCUT2D eigenvalue weighted by Crippen LogP contribution is -2.52. The Hall–Kier alpha value is -3.81. The molecule has 3 N–H and O–H groups in total. The highest BCUT2D eigenvalue weighted by Gasteiger charge is 2.36. The number of aromatic hydroxyl groups is 1. The minimum absolute atomic E-state index is 0.0357. The summed E-state index contributed by atoms with van der Waals surface area (Å²) in [5.41, 5.74) is 2.19. The zero-order valence-electron chi connectivity index (χ0n) is 23.5. The van der Waals surface area contributed by atoms with E-state index in [9.17, 15) is 19.5 Å². The molecule has 0 fully saturated rings. The number of phenolic OH excluding ortho intramolecular Hbond substituents is 1. The van der Waals surface area contributed by atoms with Crippen molar-refractivity contribution in [1.29, 1.82) is 0 Å². The first-order valence-electron chi connectivity index (χ1n) is 12.8. The van der Waals surface area contributed by atoms with E-state index in [0.717, 1.165) is 11.1 Å². The summed E-state index contributed by atoms with van der Waals surface area (Å²) in [5, 5.41) is 15.6. The number of carbonyl (C=O) groups is 3. The van der Waals surface area contributed by atoms with Crippen LogP contribution in [0.3, 0.4) is 0 Å². The molecule has 2 unspecified atom stereocenters. The molecule has 8 nitrogen and oxygen atoms in total. The molecule has 8 heteroatoms. The van der Waals surface area contributed by atoms with Crippen LogP contribution in [-0.2, 0) is 14.3 Å². The van der Waals surface area contributed by atoms with Gasteiger partial charge in [0, 0.05) is 12.2 Å². The minimum atomic E-state index is -1.06. The summed E-state index contributed by atoms with van der Waals surface area (Å²) in [4.78, 5) is 41.9. The first kappa shape index (κ1) is 30.4. The Morgan fingerprint density at radius 3 is 2.13 bits per heavy atom. The normalized spacial score (nSPS) is 12.8. The second-order valence-corrected chi connectivity index (χ2v) is 10.9. The number of ether oxygens (including phenoxy) is 1.